The number of likely N-dealkylation sites (tertiary alicyclic amines) is 2. The topological polar surface area (TPSA) is 78.0 Å². The molecule has 3 rings (SSSR count). The summed E-state index contributed by atoms with van der Waals surface area (Å²) in [4.78, 5) is 28.5. The number of fused-ring (bicyclic) bond motifs is 1. The largest absolute Gasteiger partial charge is 0.345 e. The minimum atomic E-state index is -3.33. The van der Waals surface area contributed by atoms with Gasteiger partial charge in [-0.2, -0.15) is 0 Å². The van der Waals surface area contributed by atoms with E-state index >= 15 is 0 Å². The average Bonchev–Trinajstić information content (AvgIpc) is 3.01. The maximum absolute atomic E-state index is 12.7. The number of benzene rings is 1. The fraction of sp³-hybridized carbons (Fsp3) is 0.529. The Morgan fingerprint density at radius 1 is 1.20 bits per heavy atom. The number of piperidine rings is 1. The highest BCUT2D eigenvalue weighted by Gasteiger charge is 2.43. The lowest BCUT2D eigenvalue weighted by Crippen LogP contribution is -2.42. The molecule has 1 aromatic rings. The third kappa shape index (κ3) is 3.35. The van der Waals surface area contributed by atoms with Crippen molar-refractivity contribution in [3.05, 3.63) is 29.8 Å². The van der Waals surface area contributed by atoms with Crippen LogP contribution < -0.4 is 4.31 Å². The van der Waals surface area contributed by atoms with Crippen molar-refractivity contribution in [2.45, 2.75) is 6.42 Å². The zero-order chi connectivity index (χ0) is 18.4. The van der Waals surface area contributed by atoms with Crippen molar-refractivity contribution in [1.82, 2.24) is 9.80 Å². The van der Waals surface area contributed by atoms with Crippen LogP contribution in [0.4, 0.5) is 5.69 Å². The fourth-order valence-electron chi connectivity index (χ4n) is 3.55. The van der Waals surface area contributed by atoms with Gasteiger partial charge < -0.3 is 9.80 Å². The van der Waals surface area contributed by atoms with Gasteiger partial charge in [-0.3, -0.25) is 13.9 Å². The van der Waals surface area contributed by atoms with Gasteiger partial charge in [-0.25, -0.2) is 8.42 Å². The number of anilines is 1. The van der Waals surface area contributed by atoms with Crippen LogP contribution in [0.25, 0.3) is 0 Å². The summed E-state index contributed by atoms with van der Waals surface area (Å²) in [6.45, 7) is 1.81. The monoisotopic (exact) mass is 365 g/mol. The Morgan fingerprint density at radius 2 is 1.84 bits per heavy atom. The van der Waals surface area contributed by atoms with Crippen LogP contribution in [0.2, 0.25) is 0 Å². The zero-order valence-electron chi connectivity index (χ0n) is 14.7. The molecular weight excluding hydrogens is 342 g/mol. The molecule has 2 saturated heterocycles. The molecule has 7 nitrogen and oxygen atoms in total. The summed E-state index contributed by atoms with van der Waals surface area (Å²) in [6.07, 6.45) is 2.06. The number of amides is 2. The van der Waals surface area contributed by atoms with E-state index in [2.05, 4.69) is 0 Å². The zero-order valence-corrected chi connectivity index (χ0v) is 15.5. The van der Waals surface area contributed by atoms with Crippen molar-refractivity contribution in [2.75, 3.05) is 44.3 Å². The lowest BCUT2D eigenvalue weighted by Gasteiger charge is -2.30. The van der Waals surface area contributed by atoms with Gasteiger partial charge in [0.1, 0.15) is 0 Å². The van der Waals surface area contributed by atoms with Gasteiger partial charge in [0.2, 0.25) is 15.9 Å². The number of nitrogens with zero attached hydrogens (tertiary/aromatic N) is 3. The molecule has 25 heavy (non-hydrogen) atoms. The number of carbonyl (C=O) groups excluding carboxylic acids is 2. The minimum absolute atomic E-state index is 0.0988. The Balaban J connectivity index is 1.73. The molecule has 2 fully saturated rings. The van der Waals surface area contributed by atoms with Gasteiger partial charge in [0.05, 0.1) is 17.9 Å². The van der Waals surface area contributed by atoms with E-state index < -0.39 is 10.0 Å². The summed E-state index contributed by atoms with van der Waals surface area (Å²) < 4.78 is 24.3. The first-order chi connectivity index (χ1) is 11.7. The molecule has 0 spiro atoms. The first-order valence-corrected chi connectivity index (χ1v) is 10.1. The molecule has 2 heterocycles. The first-order valence-electron chi connectivity index (χ1n) is 8.26. The van der Waals surface area contributed by atoms with E-state index in [1.807, 2.05) is 0 Å². The van der Waals surface area contributed by atoms with E-state index in [0.29, 0.717) is 24.3 Å². The van der Waals surface area contributed by atoms with Crippen LogP contribution in [0.5, 0.6) is 0 Å². The molecule has 136 valence electrons. The average molecular weight is 365 g/mol. The van der Waals surface area contributed by atoms with Gasteiger partial charge in [-0.05, 0) is 36.6 Å². The molecule has 0 unspecified atom stereocenters. The maximum Gasteiger partial charge on any atom is 0.253 e. The van der Waals surface area contributed by atoms with E-state index in [1.54, 1.807) is 41.1 Å². The molecule has 2 aliphatic heterocycles. The predicted octanol–water partition coefficient (Wildman–Crippen LogP) is 0.633. The Hall–Kier alpha value is -2.09. The third-order valence-electron chi connectivity index (χ3n) is 5.23. The van der Waals surface area contributed by atoms with Crippen molar-refractivity contribution in [3.63, 3.8) is 0 Å². The van der Waals surface area contributed by atoms with Gasteiger partial charge in [0, 0.05) is 39.3 Å². The quantitative estimate of drug-likeness (QED) is 0.787. The van der Waals surface area contributed by atoms with Gasteiger partial charge in [0.15, 0.2) is 0 Å². The summed E-state index contributed by atoms with van der Waals surface area (Å²) in [5.41, 5.74) is 1.01. The van der Waals surface area contributed by atoms with Crippen molar-refractivity contribution in [3.8, 4) is 0 Å². The number of hydrogen-bond donors (Lipinski definition) is 0. The minimum Gasteiger partial charge on any atom is -0.345 e. The van der Waals surface area contributed by atoms with E-state index in [-0.39, 0.29) is 23.7 Å². The molecule has 0 aliphatic carbocycles. The van der Waals surface area contributed by atoms with E-state index in [0.717, 1.165) is 19.2 Å². The van der Waals surface area contributed by atoms with Crippen molar-refractivity contribution >= 4 is 27.5 Å². The Labute approximate surface area is 148 Å². The summed E-state index contributed by atoms with van der Waals surface area (Å²) in [7, 11) is -0.0573. The fourth-order valence-corrected chi connectivity index (χ4v) is 4.05. The molecule has 2 aliphatic rings. The number of sulfonamides is 1. The van der Waals surface area contributed by atoms with Crippen LogP contribution in [0.15, 0.2) is 24.3 Å². The highest BCUT2D eigenvalue weighted by atomic mass is 32.2. The van der Waals surface area contributed by atoms with Crippen LogP contribution in [0, 0.1) is 11.8 Å². The number of carbonyl (C=O) groups is 2. The lowest BCUT2D eigenvalue weighted by atomic mass is 9.88. The highest BCUT2D eigenvalue weighted by molar-refractivity contribution is 7.92. The van der Waals surface area contributed by atoms with Gasteiger partial charge in [-0.1, -0.05) is 0 Å². The Kier molecular flexibility index (Phi) is 4.49. The normalized spacial score (nSPS) is 23.6. The predicted molar refractivity (Wildman–Crippen MR) is 94.8 cm³/mol. The van der Waals surface area contributed by atoms with E-state index in [1.165, 1.54) is 11.4 Å². The van der Waals surface area contributed by atoms with Crippen molar-refractivity contribution < 1.29 is 18.0 Å². The lowest BCUT2D eigenvalue weighted by molar-refractivity contribution is -0.137. The summed E-state index contributed by atoms with van der Waals surface area (Å²) in [6, 6.07) is 6.51. The van der Waals surface area contributed by atoms with Crippen molar-refractivity contribution in [2.24, 2.45) is 11.8 Å². The van der Waals surface area contributed by atoms with Crippen molar-refractivity contribution in [1.29, 1.82) is 0 Å². The summed E-state index contributed by atoms with van der Waals surface area (Å²) in [5, 5.41) is 0. The smallest absolute Gasteiger partial charge is 0.253 e. The molecule has 0 aromatic heterocycles. The molecule has 8 heteroatoms. The second kappa shape index (κ2) is 6.33. The van der Waals surface area contributed by atoms with Crippen LogP contribution in [-0.2, 0) is 14.8 Å². The van der Waals surface area contributed by atoms with Crippen LogP contribution in [-0.4, -0.2) is 70.0 Å². The van der Waals surface area contributed by atoms with Crippen LogP contribution in [0.3, 0.4) is 0 Å². The molecule has 0 bridgehead atoms. The highest BCUT2D eigenvalue weighted by Crippen LogP contribution is 2.32. The second-order valence-electron chi connectivity index (χ2n) is 6.90. The number of rotatable bonds is 3. The molecule has 1 aromatic carbocycles. The maximum atomic E-state index is 12.7. The van der Waals surface area contributed by atoms with Crippen LogP contribution >= 0.6 is 0 Å². The van der Waals surface area contributed by atoms with Crippen LogP contribution in [0.1, 0.15) is 16.8 Å². The molecule has 2 atom stereocenters. The Bertz CT molecular complexity index is 791. The van der Waals surface area contributed by atoms with E-state index in [9.17, 15) is 18.0 Å². The third-order valence-corrected chi connectivity index (χ3v) is 6.44. The number of hydrogen-bond acceptors (Lipinski definition) is 4. The second-order valence-corrected chi connectivity index (χ2v) is 8.92. The van der Waals surface area contributed by atoms with Gasteiger partial charge in [-0.15, -0.1) is 0 Å². The molecule has 0 saturated carbocycles. The van der Waals surface area contributed by atoms with Gasteiger partial charge in [0.25, 0.3) is 5.91 Å². The summed E-state index contributed by atoms with van der Waals surface area (Å²) in [5.74, 6) is 0.150. The first kappa shape index (κ1) is 17.7. The SMILES string of the molecule is CN1CC[C@@H]2CN(C(=O)c3ccc(N(C)S(C)(=O)=O)cc3)C[C@@H]2C1=O. The summed E-state index contributed by atoms with van der Waals surface area (Å²) >= 11 is 0. The Morgan fingerprint density at radius 3 is 2.44 bits per heavy atom. The van der Waals surface area contributed by atoms with Gasteiger partial charge >= 0.3 is 0 Å². The molecule has 2 amide bonds. The standard InChI is InChI=1S/C17H23N3O4S/c1-18-9-8-13-10-20(11-15(13)17(18)22)16(21)12-4-6-14(7-5-12)19(2)25(3,23)24/h4-7,13,15H,8-11H2,1-3H3/t13-,15+/m1/s1. The molecule has 0 radical (unpaired) electrons. The molecular formula is C17H23N3O4S. The van der Waals surface area contributed by atoms with E-state index in [4.69, 9.17) is 0 Å². The molecule has 0 N–H and O–H groups in total.